The van der Waals surface area contributed by atoms with Crippen molar-refractivity contribution in [1.29, 1.82) is 0 Å². The van der Waals surface area contributed by atoms with Crippen molar-refractivity contribution in [3.63, 3.8) is 0 Å². The molecule has 0 spiro atoms. The van der Waals surface area contributed by atoms with Gasteiger partial charge in [0.1, 0.15) is 11.2 Å². The zero-order chi connectivity index (χ0) is 15.7. The van der Waals surface area contributed by atoms with Gasteiger partial charge in [-0.25, -0.2) is 0 Å². The summed E-state index contributed by atoms with van der Waals surface area (Å²) in [5, 5.41) is 20.7. The van der Waals surface area contributed by atoms with E-state index in [1.165, 1.54) is 0 Å². The van der Waals surface area contributed by atoms with Crippen LogP contribution in [0.2, 0.25) is 0 Å². The molecule has 0 aliphatic carbocycles. The Kier molecular flexibility index (Phi) is 3.86. The normalized spacial score (nSPS) is 12.8. The van der Waals surface area contributed by atoms with Crippen molar-refractivity contribution >= 4 is 27.9 Å². The van der Waals surface area contributed by atoms with E-state index in [-0.39, 0.29) is 6.42 Å². The first-order valence-electron chi connectivity index (χ1n) is 7.43. The second-order valence-corrected chi connectivity index (χ2v) is 5.51. The molecule has 0 radical (unpaired) electrons. The number of furan rings is 1. The third-order valence-electron chi connectivity index (χ3n) is 3.96. The van der Waals surface area contributed by atoms with Gasteiger partial charge in [0.25, 0.3) is 0 Å². The monoisotopic (exact) mass is 298 g/mol. The van der Waals surface area contributed by atoms with Crippen molar-refractivity contribution in [3.8, 4) is 0 Å². The van der Waals surface area contributed by atoms with Gasteiger partial charge in [0, 0.05) is 17.2 Å². The van der Waals surface area contributed by atoms with Crippen LogP contribution in [0.1, 0.15) is 37.0 Å². The Labute approximate surface area is 128 Å². The van der Waals surface area contributed by atoms with E-state index in [9.17, 15) is 9.90 Å². The van der Waals surface area contributed by atoms with Gasteiger partial charge in [0.15, 0.2) is 0 Å². The molecule has 1 unspecified atom stereocenters. The molecule has 0 aliphatic heterocycles. The van der Waals surface area contributed by atoms with Gasteiger partial charge < -0.3 is 14.6 Å². The predicted molar refractivity (Wildman–Crippen MR) is 84.9 cm³/mol. The summed E-state index contributed by atoms with van der Waals surface area (Å²) in [5.41, 5.74) is 3.39. The molecule has 4 nitrogen and oxygen atoms in total. The molecule has 0 bridgehead atoms. The lowest BCUT2D eigenvalue weighted by Crippen LogP contribution is -1.97. The van der Waals surface area contributed by atoms with Crippen LogP contribution in [0.15, 0.2) is 40.8 Å². The summed E-state index contributed by atoms with van der Waals surface area (Å²) in [6.45, 7) is 1.94. The average Bonchev–Trinajstić information content (AvgIpc) is 2.89. The Balaban J connectivity index is 2.08. The number of benzene rings is 2. The fourth-order valence-electron chi connectivity index (χ4n) is 2.69. The SMILES string of the molecule is CCC(O)c1ccc2oc3ccc(CCC(=O)O)cc3c2c1. The van der Waals surface area contributed by atoms with Crippen molar-refractivity contribution in [1.82, 2.24) is 0 Å². The molecule has 3 rings (SSSR count). The molecule has 0 saturated carbocycles. The van der Waals surface area contributed by atoms with Crippen molar-refractivity contribution < 1.29 is 19.4 Å². The van der Waals surface area contributed by atoms with E-state index in [1.54, 1.807) is 0 Å². The number of fused-ring (bicyclic) bond motifs is 3. The Hall–Kier alpha value is -2.33. The predicted octanol–water partition coefficient (Wildman–Crippen LogP) is 4.05. The number of rotatable bonds is 5. The Bertz CT molecular complexity index is 832. The number of aliphatic hydroxyl groups excluding tert-OH is 1. The van der Waals surface area contributed by atoms with Gasteiger partial charge in [0.2, 0.25) is 0 Å². The van der Waals surface area contributed by atoms with Crippen molar-refractivity contribution in [2.24, 2.45) is 0 Å². The molecule has 0 amide bonds. The maximum absolute atomic E-state index is 10.7. The fourth-order valence-corrected chi connectivity index (χ4v) is 2.69. The van der Waals surface area contributed by atoms with Crippen LogP contribution in [0.4, 0.5) is 0 Å². The fraction of sp³-hybridized carbons (Fsp3) is 0.278. The topological polar surface area (TPSA) is 70.7 Å². The van der Waals surface area contributed by atoms with Crippen LogP contribution in [0.5, 0.6) is 0 Å². The molecule has 3 aromatic rings. The van der Waals surface area contributed by atoms with Crippen LogP contribution in [0.25, 0.3) is 21.9 Å². The van der Waals surface area contributed by atoms with Gasteiger partial charge in [-0.2, -0.15) is 0 Å². The van der Waals surface area contributed by atoms with E-state index in [2.05, 4.69) is 0 Å². The highest BCUT2D eigenvalue weighted by atomic mass is 16.4. The highest BCUT2D eigenvalue weighted by Crippen LogP contribution is 2.32. The number of aliphatic hydroxyl groups is 1. The minimum atomic E-state index is -0.800. The quantitative estimate of drug-likeness (QED) is 0.745. The Morgan fingerprint density at radius 2 is 1.82 bits per heavy atom. The van der Waals surface area contributed by atoms with Gasteiger partial charge in [-0.05, 0) is 48.2 Å². The maximum atomic E-state index is 10.7. The minimum Gasteiger partial charge on any atom is -0.481 e. The van der Waals surface area contributed by atoms with E-state index in [4.69, 9.17) is 9.52 Å². The van der Waals surface area contributed by atoms with Gasteiger partial charge in [-0.15, -0.1) is 0 Å². The van der Waals surface area contributed by atoms with Crippen LogP contribution in [0, 0.1) is 0 Å². The number of carboxylic acids is 1. The molecule has 4 heteroatoms. The molecule has 1 heterocycles. The molecule has 0 aliphatic rings. The first-order valence-corrected chi connectivity index (χ1v) is 7.43. The van der Waals surface area contributed by atoms with Crippen molar-refractivity contribution in [2.45, 2.75) is 32.3 Å². The molecular weight excluding hydrogens is 280 g/mol. The molecule has 2 N–H and O–H groups in total. The number of carboxylic acid groups (broad SMARTS) is 1. The smallest absolute Gasteiger partial charge is 0.303 e. The lowest BCUT2D eigenvalue weighted by Gasteiger charge is -2.07. The highest BCUT2D eigenvalue weighted by Gasteiger charge is 2.11. The molecule has 22 heavy (non-hydrogen) atoms. The van der Waals surface area contributed by atoms with Gasteiger partial charge in [0.05, 0.1) is 6.10 Å². The van der Waals surface area contributed by atoms with Crippen LogP contribution in [-0.4, -0.2) is 16.2 Å². The molecule has 2 aromatic carbocycles. The number of hydrogen-bond donors (Lipinski definition) is 2. The van der Waals surface area contributed by atoms with E-state index >= 15 is 0 Å². The van der Waals surface area contributed by atoms with Crippen molar-refractivity contribution in [2.75, 3.05) is 0 Å². The number of hydrogen-bond acceptors (Lipinski definition) is 3. The van der Waals surface area contributed by atoms with Crippen LogP contribution < -0.4 is 0 Å². The molecule has 1 atom stereocenters. The zero-order valence-electron chi connectivity index (χ0n) is 12.4. The summed E-state index contributed by atoms with van der Waals surface area (Å²) in [6.07, 6.45) is 0.783. The molecule has 0 fully saturated rings. The average molecular weight is 298 g/mol. The van der Waals surface area contributed by atoms with Crippen LogP contribution in [-0.2, 0) is 11.2 Å². The van der Waals surface area contributed by atoms with Crippen molar-refractivity contribution in [3.05, 3.63) is 47.5 Å². The largest absolute Gasteiger partial charge is 0.481 e. The summed E-state index contributed by atoms with van der Waals surface area (Å²) in [6, 6.07) is 11.5. The molecule has 0 saturated heterocycles. The number of aliphatic carboxylic acids is 1. The summed E-state index contributed by atoms with van der Waals surface area (Å²) < 4.78 is 5.80. The van der Waals surface area contributed by atoms with Crippen LogP contribution in [0.3, 0.4) is 0 Å². The molecular formula is C18H18O4. The van der Waals surface area contributed by atoms with E-state index in [1.807, 2.05) is 43.3 Å². The molecule has 1 aromatic heterocycles. The first-order chi connectivity index (χ1) is 10.6. The minimum absolute atomic E-state index is 0.112. The van der Waals surface area contributed by atoms with Gasteiger partial charge in [-0.1, -0.05) is 19.1 Å². The lowest BCUT2D eigenvalue weighted by molar-refractivity contribution is -0.136. The second kappa shape index (κ2) is 5.81. The van der Waals surface area contributed by atoms with Gasteiger partial charge >= 0.3 is 5.97 Å². The lowest BCUT2D eigenvalue weighted by atomic mass is 10.0. The summed E-state index contributed by atoms with van der Waals surface area (Å²) in [5.74, 6) is -0.800. The standard InChI is InChI=1S/C18H18O4/c1-2-15(19)12-5-7-17-14(10-12)13-9-11(4-8-18(20)21)3-6-16(13)22-17/h3,5-7,9-10,15,19H,2,4,8H2,1H3,(H,20,21). The van der Waals surface area contributed by atoms with Crippen LogP contribution >= 0.6 is 0 Å². The van der Waals surface area contributed by atoms with E-state index < -0.39 is 12.1 Å². The van der Waals surface area contributed by atoms with Gasteiger partial charge in [-0.3, -0.25) is 4.79 Å². The third kappa shape index (κ3) is 2.70. The zero-order valence-corrected chi connectivity index (χ0v) is 12.4. The maximum Gasteiger partial charge on any atom is 0.303 e. The first kappa shape index (κ1) is 14.6. The molecule has 114 valence electrons. The third-order valence-corrected chi connectivity index (χ3v) is 3.96. The van der Waals surface area contributed by atoms with E-state index in [0.717, 1.165) is 33.1 Å². The summed E-state index contributed by atoms with van der Waals surface area (Å²) >= 11 is 0. The summed E-state index contributed by atoms with van der Waals surface area (Å²) in [4.78, 5) is 10.7. The number of aryl methyl sites for hydroxylation is 1. The van der Waals surface area contributed by atoms with E-state index in [0.29, 0.717) is 12.8 Å². The highest BCUT2D eigenvalue weighted by molar-refractivity contribution is 6.05. The Morgan fingerprint density at radius 3 is 2.50 bits per heavy atom. The second-order valence-electron chi connectivity index (χ2n) is 5.51. The Morgan fingerprint density at radius 1 is 1.14 bits per heavy atom. The summed E-state index contributed by atoms with van der Waals surface area (Å²) in [7, 11) is 0. The number of carbonyl (C=O) groups is 1.